The van der Waals surface area contributed by atoms with Crippen molar-refractivity contribution in [3.05, 3.63) is 35.1 Å². The highest BCUT2D eigenvalue weighted by atomic mass is 19.4. The lowest BCUT2D eigenvalue weighted by atomic mass is 9.93. The van der Waals surface area contributed by atoms with Crippen LogP contribution in [0, 0.1) is 5.82 Å². The van der Waals surface area contributed by atoms with Gasteiger partial charge >= 0.3 is 6.18 Å². The summed E-state index contributed by atoms with van der Waals surface area (Å²) in [5, 5.41) is 2.57. The molecule has 0 radical (unpaired) electrons. The Morgan fingerprint density at radius 2 is 2.10 bits per heavy atom. The first kappa shape index (κ1) is 15.8. The van der Waals surface area contributed by atoms with E-state index in [2.05, 4.69) is 5.32 Å². The van der Waals surface area contributed by atoms with Crippen LogP contribution >= 0.6 is 0 Å². The van der Waals surface area contributed by atoms with E-state index in [0.717, 1.165) is 12.1 Å². The quantitative estimate of drug-likeness (QED) is 0.853. The van der Waals surface area contributed by atoms with Crippen LogP contribution in [0.2, 0.25) is 0 Å². The highest BCUT2D eigenvalue weighted by Gasteiger charge is 2.41. The van der Waals surface area contributed by atoms with Crippen molar-refractivity contribution in [3.8, 4) is 0 Å². The van der Waals surface area contributed by atoms with E-state index in [9.17, 15) is 22.4 Å². The zero-order chi connectivity index (χ0) is 15.8. The largest absolute Gasteiger partial charge is 0.417 e. The second kappa shape index (κ2) is 5.29. The molecule has 21 heavy (non-hydrogen) atoms. The Hall–Kier alpha value is -1.63. The van der Waals surface area contributed by atoms with Crippen molar-refractivity contribution >= 4 is 5.91 Å². The summed E-state index contributed by atoms with van der Waals surface area (Å²) in [6, 6.07) is 2.00. The molecule has 2 rings (SSSR count). The van der Waals surface area contributed by atoms with Gasteiger partial charge in [0.15, 0.2) is 0 Å². The third-order valence-corrected chi connectivity index (χ3v) is 3.82. The van der Waals surface area contributed by atoms with Crippen LogP contribution in [0.4, 0.5) is 17.6 Å². The van der Waals surface area contributed by atoms with Gasteiger partial charge in [0.05, 0.1) is 22.8 Å². The summed E-state index contributed by atoms with van der Waals surface area (Å²) in [4.78, 5) is 12.1. The molecule has 0 saturated carbocycles. The smallest absolute Gasteiger partial charge is 0.376 e. The Labute approximate surface area is 119 Å². The van der Waals surface area contributed by atoms with Crippen LogP contribution in [0.3, 0.4) is 0 Å². The molecule has 1 aromatic carbocycles. The second-order valence-electron chi connectivity index (χ2n) is 5.32. The summed E-state index contributed by atoms with van der Waals surface area (Å²) in [6.45, 7) is 3.87. The SMILES string of the molecule is C[C@@H]1OCC[C@@]1(C)NC(=O)c1ccc(F)cc1C(F)(F)F. The van der Waals surface area contributed by atoms with E-state index in [1.807, 2.05) is 0 Å². The Bertz CT molecular complexity index is 558. The first-order valence-electron chi connectivity index (χ1n) is 6.44. The van der Waals surface area contributed by atoms with E-state index in [4.69, 9.17) is 4.74 Å². The van der Waals surface area contributed by atoms with Crippen LogP contribution in [-0.2, 0) is 10.9 Å². The van der Waals surface area contributed by atoms with Gasteiger partial charge in [0.25, 0.3) is 5.91 Å². The van der Waals surface area contributed by atoms with Crippen LogP contribution in [-0.4, -0.2) is 24.2 Å². The number of hydrogen-bond acceptors (Lipinski definition) is 2. The van der Waals surface area contributed by atoms with E-state index in [1.165, 1.54) is 0 Å². The average Bonchev–Trinajstić information content (AvgIpc) is 2.68. The van der Waals surface area contributed by atoms with Gasteiger partial charge in [-0.2, -0.15) is 13.2 Å². The first-order chi connectivity index (χ1) is 9.63. The van der Waals surface area contributed by atoms with Gasteiger partial charge in [-0.15, -0.1) is 0 Å². The molecule has 1 saturated heterocycles. The fourth-order valence-corrected chi connectivity index (χ4v) is 2.27. The predicted molar refractivity (Wildman–Crippen MR) is 67.3 cm³/mol. The number of carbonyl (C=O) groups excluding carboxylic acids is 1. The number of alkyl halides is 3. The molecule has 3 nitrogen and oxygen atoms in total. The predicted octanol–water partition coefficient (Wildman–Crippen LogP) is 3.14. The van der Waals surface area contributed by atoms with Gasteiger partial charge in [0, 0.05) is 6.61 Å². The lowest BCUT2D eigenvalue weighted by Gasteiger charge is -2.29. The molecule has 1 aliphatic rings. The van der Waals surface area contributed by atoms with Crippen molar-refractivity contribution < 1.29 is 27.1 Å². The zero-order valence-electron chi connectivity index (χ0n) is 11.6. The summed E-state index contributed by atoms with van der Waals surface area (Å²) >= 11 is 0. The summed E-state index contributed by atoms with van der Waals surface area (Å²) in [6.07, 6.45) is -4.60. The molecule has 0 bridgehead atoms. The van der Waals surface area contributed by atoms with Crippen molar-refractivity contribution in [2.45, 2.75) is 38.1 Å². The van der Waals surface area contributed by atoms with Crippen LogP contribution < -0.4 is 5.32 Å². The van der Waals surface area contributed by atoms with Crippen LogP contribution in [0.5, 0.6) is 0 Å². The fraction of sp³-hybridized carbons (Fsp3) is 0.500. The van der Waals surface area contributed by atoms with Crippen molar-refractivity contribution in [1.82, 2.24) is 5.32 Å². The molecule has 1 N–H and O–H groups in total. The summed E-state index contributed by atoms with van der Waals surface area (Å²) < 4.78 is 57.1. The molecule has 7 heteroatoms. The third kappa shape index (κ3) is 3.18. The number of halogens is 4. The zero-order valence-corrected chi connectivity index (χ0v) is 11.6. The lowest BCUT2D eigenvalue weighted by molar-refractivity contribution is -0.138. The van der Waals surface area contributed by atoms with Gasteiger partial charge in [0.1, 0.15) is 5.82 Å². The topological polar surface area (TPSA) is 38.3 Å². The molecule has 1 aromatic rings. The molecule has 116 valence electrons. The van der Waals surface area contributed by atoms with Crippen LogP contribution in [0.25, 0.3) is 0 Å². The van der Waals surface area contributed by atoms with Gasteiger partial charge in [-0.25, -0.2) is 4.39 Å². The van der Waals surface area contributed by atoms with Gasteiger partial charge in [0.2, 0.25) is 0 Å². The number of benzene rings is 1. The van der Waals surface area contributed by atoms with Crippen molar-refractivity contribution in [2.75, 3.05) is 6.61 Å². The van der Waals surface area contributed by atoms with E-state index in [1.54, 1.807) is 13.8 Å². The standard InChI is InChI=1S/C14H15F4NO2/c1-8-13(2,5-6-21-8)19-12(20)10-4-3-9(15)7-11(10)14(16,17)18/h3-4,7-8H,5-6H2,1-2H3,(H,19,20)/t8-,13+/m0/s1. The summed E-state index contributed by atoms with van der Waals surface area (Å²) in [5.74, 6) is -1.93. The molecule has 0 aromatic heterocycles. The molecule has 0 unspecified atom stereocenters. The Balaban J connectivity index is 2.32. The molecule has 2 atom stereocenters. The molecule has 0 aliphatic carbocycles. The Morgan fingerprint density at radius 1 is 1.43 bits per heavy atom. The molecule has 1 heterocycles. The van der Waals surface area contributed by atoms with Crippen LogP contribution in [0.15, 0.2) is 18.2 Å². The molecule has 0 spiro atoms. The van der Waals surface area contributed by atoms with E-state index < -0.39 is 34.6 Å². The molecular weight excluding hydrogens is 290 g/mol. The molecular formula is C14H15F4NO2. The maximum absolute atomic E-state index is 13.0. The number of hydrogen-bond donors (Lipinski definition) is 1. The Kier molecular flexibility index (Phi) is 3.97. The fourth-order valence-electron chi connectivity index (χ4n) is 2.27. The highest BCUT2D eigenvalue weighted by molar-refractivity contribution is 5.96. The normalized spacial score (nSPS) is 25.9. The third-order valence-electron chi connectivity index (χ3n) is 3.82. The number of rotatable bonds is 2. The summed E-state index contributed by atoms with van der Waals surface area (Å²) in [7, 11) is 0. The van der Waals surface area contributed by atoms with Gasteiger partial charge in [-0.05, 0) is 38.5 Å². The minimum absolute atomic E-state index is 0.309. The van der Waals surface area contributed by atoms with Crippen LogP contribution in [0.1, 0.15) is 36.2 Å². The van der Waals surface area contributed by atoms with E-state index >= 15 is 0 Å². The molecule has 1 fully saturated rings. The lowest BCUT2D eigenvalue weighted by Crippen LogP contribution is -2.50. The molecule has 1 amide bonds. The van der Waals surface area contributed by atoms with Crippen molar-refractivity contribution in [1.29, 1.82) is 0 Å². The monoisotopic (exact) mass is 305 g/mol. The molecule has 1 aliphatic heterocycles. The second-order valence-corrected chi connectivity index (χ2v) is 5.32. The van der Waals surface area contributed by atoms with Gasteiger partial charge < -0.3 is 10.1 Å². The summed E-state index contributed by atoms with van der Waals surface area (Å²) in [5.41, 5.74) is -2.62. The van der Waals surface area contributed by atoms with Gasteiger partial charge in [-0.1, -0.05) is 0 Å². The van der Waals surface area contributed by atoms with Crippen molar-refractivity contribution in [3.63, 3.8) is 0 Å². The number of ether oxygens (including phenoxy) is 1. The number of nitrogens with one attached hydrogen (secondary N) is 1. The number of carbonyl (C=O) groups is 1. The first-order valence-corrected chi connectivity index (χ1v) is 6.44. The van der Waals surface area contributed by atoms with Crippen molar-refractivity contribution in [2.24, 2.45) is 0 Å². The number of amides is 1. The van der Waals surface area contributed by atoms with E-state index in [0.29, 0.717) is 19.1 Å². The maximum atomic E-state index is 13.0. The Morgan fingerprint density at radius 3 is 2.62 bits per heavy atom. The average molecular weight is 305 g/mol. The van der Waals surface area contributed by atoms with Gasteiger partial charge in [-0.3, -0.25) is 4.79 Å². The minimum atomic E-state index is -4.80. The van der Waals surface area contributed by atoms with E-state index in [-0.39, 0.29) is 6.10 Å². The maximum Gasteiger partial charge on any atom is 0.417 e. The highest BCUT2D eigenvalue weighted by Crippen LogP contribution is 2.33. The minimum Gasteiger partial charge on any atom is -0.376 e.